The van der Waals surface area contributed by atoms with Crippen LogP contribution in [0.2, 0.25) is 0 Å². The fourth-order valence-electron chi connectivity index (χ4n) is 1.91. The second kappa shape index (κ2) is 4.73. The van der Waals surface area contributed by atoms with Crippen LogP contribution in [0.1, 0.15) is 11.4 Å². The molecule has 0 aliphatic rings. The van der Waals surface area contributed by atoms with Crippen LogP contribution in [-0.2, 0) is 0 Å². The Labute approximate surface area is 115 Å². The minimum Gasteiger partial charge on any atom is -0.398 e. The van der Waals surface area contributed by atoms with Gasteiger partial charge in [-0.2, -0.15) is 15.2 Å². The van der Waals surface area contributed by atoms with Gasteiger partial charge in [0, 0.05) is 11.3 Å². The van der Waals surface area contributed by atoms with Crippen LogP contribution in [0.25, 0.3) is 22.8 Å². The van der Waals surface area contributed by atoms with Crippen LogP contribution >= 0.6 is 0 Å². The number of benzene rings is 1. The topological polar surface area (TPSA) is 90.7 Å². The molecule has 3 aromatic rings. The van der Waals surface area contributed by atoms with Gasteiger partial charge in [0.15, 0.2) is 0 Å². The molecule has 2 heterocycles. The first-order valence-electron chi connectivity index (χ1n) is 6.15. The summed E-state index contributed by atoms with van der Waals surface area (Å²) >= 11 is 0. The van der Waals surface area contributed by atoms with E-state index in [4.69, 9.17) is 10.3 Å². The maximum Gasteiger partial charge on any atom is 0.260 e. The Hall–Kier alpha value is -2.76. The number of aromatic nitrogens is 4. The third-order valence-electron chi connectivity index (χ3n) is 2.96. The summed E-state index contributed by atoms with van der Waals surface area (Å²) in [6.45, 7) is 3.71. The van der Waals surface area contributed by atoms with Gasteiger partial charge < -0.3 is 10.3 Å². The molecule has 3 rings (SSSR count). The fourth-order valence-corrected chi connectivity index (χ4v) is 1.91. The Bertz CT molecular complexity index is 766. The van der Waals surface area contributed by atoms with Crippen LogP contribution in [0, 0.1) is 13.8 Å². The predicted octanol–water partition coefficient (Wildman–Crippen LogP) is 2.39. The van der Waals surface area contributed by atoms with Gasteiger partial charge in [-0.05, 0) is 32.0 Å². The smallest absolute Gasteiger partial charge is 0.260 e. The molecule has 0 bridgehead atoms. The molecule has 2 N–H and O–H groups in total. The van der Waals surface area contributed by atoms with Crippen LogP contribution < -0.4 is 5.73 Å². The molecule has 0 saturated heterocycles. The molecule has 0 aliphatic carbocycles. The summed E-state index contributed by atoms with van der Waals surface area (Å²) < 4.78 is 5.31. The molecule has 0 amide bonds. The van der Waals surface area contributed by atoms with Crippen molar-refractivity contribution in [2.75, 3.05) is 5.73 Å². The Morgan fingerprint density at radius 2 is 1.85 bits per heavy atom. The maximum absolute atomic E-state index is 5.91. The quantitative estimate of drug-likeness (QED) is 0.717. The van der Waals surface area contributed by atoms with Gasteiger partial charge in [0.25, 0.3) is 5.89 Å². The first-order chi connectivity index (χ1) is 9.65. The lowest BCUT2D eigenvalue weighted by Gasteiger charge is -1.99. The van der Waals surface area contributed by atoms with Crippen LogP contribution in [0.4, 0.5) is 5.69 Å². The van der Waals surface area contributed by atoms with E-state index in [1.165, 1.54) is 0 Å². The van der Waals surface area contributed by atoms with Crippen LogP contribution in [-0.4, -0.2) is 20.3 Å². The van der Waals surface area contributed by atoms with Crippen LogP contribution in [0.5, 0.6) is 0 Å². The number of hydrogen-bond acceptors (Lipinski definition) is 6. The highest BCUT2D eigenvalue weighted by atomic mass is 16.5. The lowest BCUT2D eigenvalue weighted by molar-refractivity contribution is 0.431. The SMILES string of the molecule is Cc1cc(-c2nc(-c3ccccc3N)no2)c(C)nn1. The number of para-hydroxylation sites is 1. The molecule has 2 aromatic heterocycles. The van der Waals surface area contributed by atoms with E-state index in [1.54, 1.807) is 6.07 Å². The summed E-state index contributed by atoms with van der Waals surface area (Å²) in [4.78, 5) is 4.39. The molecular formula is C14H13N5O. The third-order valence-corrected chi connectivity index (χ3v) is 2.96. The van der Waals surface area contributed by atoms with E-state index in [1.807, 2.05) is 38.1 Å². The van der Waals surface area contributed by atoms with Crippen LogP contribution in [0.15, 0.2) is 34.9 Å². The first-order valence-corrected chi connectivity index (χ1v) is 6.15. The van der Waals surface area contributed by atoms with Crippen molar-refractivity contribution < 1.29 is 4.52 Å². The van der Waals surface area contributed by atoms with E-state index in [0.29, 0.717) is 17.4 Å². The number of nitrogens with two attached hydrogens (primary N) is 1. The van der Waals surface area contributed by atoms with E-state index in [0.717, 1.165) is 22.5 Å². The minimum absolute atomic E-state index is 0.416. The average Bonchev–Trinajstić information content (AvgIpc) is 2.91. The molecule has 0 spiro atoms. The standard InChI is InChI=1S/C14H13N5O/c1-8-7-11(9(2)18-17-8)14-16-13(19-20-14)10-5-3-4-6-12(10)15/h3-7H,15H2,1-2H3. The molecule has 100 valence electrons. The second-order valence-electron chi connectivity index (χ2n) is 4.50. The van der Waals surface area contributed by atoms with Crippen molar-refractivity contribution in [1.82, 2.24) is 20.3 Å². The van der Waals surface area contributed by atoms with Gasteiger partial charge in [-0.15, -0.1) is 0 Å². The molecule has 1 aromatic carbocycles. The van der Waals surface area contributed by atoms with Crippen LogP contribution in [0.3, 0.4) is 0 Å². The van der Waals surface area contributed by atoms with E-state index in [9.17, 15) is 0 Å². The van der Waals surface area contributed by atoms with Crippen molar-refractivity contribution in [3.05, 3.63) is 41.7 Å². The van der Waals surface area contributed by atoms with Gasteiger partial charge in [0.2, 0.25) is 5.82 Å². The summed E-state index contributed by atoms with van der Waals surface area (Å²) in [6, 6.07) is 9.26. The van der Waals surface area contributed by atoms with Gasteiger partial charge in [0.05, 0.1) is 17.0 Å². The zero-order valence-corrected chi connectivity index (χ0v) is 11.2. The number of rotatable bonds is 2. The Morgan fingerprint density at radius 3 is 2.65 bits per heavy atom. The highest BCUT2D eigenvalue weighted by Gasteiger charge is 2.15. The minimum atomic E-state index is 0.416. The first kappa shape index (κ1) is 12.3. The second-order valence-corrected chi connectivity index (χ2v) is 4.50. The van der Waals surface area contributed by atoms with E-state index >= 15 is 0 Å². The summed E-state index contributed by atoms with van der Waals surface area (Å²) in [5, 5.41) is 12.0. The summed E-state index contributed by atoms with van der Waals surface area (Å²) in [7, 11) is 0. The predicted molar refractivity (Wildman–Crippen MR) is 74.6 cm³/mol. The van der Waals surface area contributed by atoms with Crippen molar-refractivity contribution in [1.29, 1.82) is 0 Å². The number of nitrogens with zero attached hydrogens (tertiary/aromatic N) is 4. The van der Waals surface area contributed by atoms with E-state index in [-0.39, 0.29) is 0 Å². The van der Waals surface area contributed by atoms with Gasteiger partial charge in [-0.3, -0.25) is 0 Å². The third kappa shape index (κ3) is 2.11. The summed E-state index contributed by atoms with van der Waals surface area (Å²) in [5.74, 6) is 0.880. The molecular weight excluding hydrogens is 254 g/mol. The van der Waals surface area contributed by atoms with E-state index in [2.05, 4.69) is 20.3 Å². The van der Waals surface area contributed by atoms with Crippen molar-refractivity contribution >= 4 is 5.69 Å². The van der Waals surface area contributed by atoms with Gasteiger partial charge >= 0.3 is 0 Å². The molecule has 6 heteroatoms. The molecule has 0 unspecified atom stereocenters. The number of anilines is 1. The molecule has 0 aliphatic heterocycles. The number of nitrogen functional groups attached to an aromatic ring is 1. The monoisotopic (exact) mass is 267 g/mol. The zero-order valence-electron chi connectivity index (χ0n) is 11.2. The molecule has 0 saturated carbocycles. The molecule has 6 nitrogen and oxygen atoms in total. The van der Waals surface area contributed by atoms with Gasteiger partial charge in [-0.1, -0.05) is 17.3 Å². The molecule has 0 atom stereocenters. The lowest BCUT2D eigenvalue weighted by Crippen LogP contribution is -1.94. The highest BCUT2D eigenvalue weighted by Crippen LogP contribution is 2.26. The van der Waals surface area contributed by atoms with E-state index < -0.39 is 0 Å². The Kier molecular flexibility index (Phi) is 2.90. The molecule has 20 heavy (non-hydrogen) atoms. The maximum atomic E-state index is 5.91. The lowest BCUT2D eigenvalue weighted by atomic mass is 10.1. The number of hydrogen-bond donors (Lipinski definition) is 1. The summed E-state index contributed by atoms with van der Waals surface area (Å²) in [5.41, 5.74) is 9.59. The van der Waals surface area contributed by atoms with Crippen molar-refractivity contribution in [2.24, 2.45) is 0 Å². The largest absolute Gasteiger partial charge is 0.398 e. The average molecular weight is 267 g/mol. The normalized spacial score (nSPS) is 10.7. The molecule has 0 fully saturated rings. The Morgan fingerprint density at radius 1 is 1.05 bits per heavy atom. The van der Waals surface area contributed by atoms with Crippen molar-refractivity contribution in [3.8, 4) is 22.8 Å². The highest BCUT2D eigenvalue weighted by molar-refractivity contribution is 5.72. The molecule has 0 radical (unpaired) electrons. The fraction of sp³-hybridized carbons (Fsp3) is 0.143. The van der Waals surface area contributed by atoms with Crippen molar-refractivity contribution in [3.63, 3.8) is 0 Å². The van der Waals surface area contributed by atoms with Gasteiger partial charge in [0.1, 0.15) is 0 Å². The zero-order chi connectivity index (χ0) is 14.1. The number of aryl methyl sites for hydroxylation is 2. The van der Waals surface area contributed by atoms with Gasteiger partial charge in [-0.25, -0.2) is 0 Å². The van der Waals surface area contributed by atoms with Crippen molar-refractivity contribution in [2.45, 2.75) is 13.8 Å². The summed E-state index contributed by atoms with van der Waals surface area (Å²) in [6.07, 6.45) is 0. The Balaban J connectivity index is 2.07.